The van der Waals surface area contributed by atoms with Crippen molar-refractivity contribution in [3.05, 3.63) is 58.1 Å². The maximum Gasteiger partial charge on any atom is 0.344 e. The Hall–Kier alpha value is -3.21. The van der Waals surface area contributed by atoms with Gasteiger partial charge in [-0.1, -0.05) is 6.07 Å². The van der Waals surface area contributed by atoms with Crippen molar-refractivity contribution in [3.63, 3.8) is 0 Å². The van der Waals surface area contributed by atoms with Crippen molar-refractivity contribution < 1.29 is 18.3 Å². The van der Waals surface area contributed by atoms with Gasteiger partial charge in [0.1, 0.15) is 16.9 Å². The van der Waals surface area contributed by atoms with Gasteiger partial charge in [-0.25, -0.2) is 4.79 Å². The van der Waals surface area contributed by atoms with Crippen LogP contribution in [0.4, 0.5) is 0 Å². The Morgan fingerprint density at radius 1 is 0.846 bits per heavy atom. The molecule has 0 radical (unpaired) electrons. The minimum Gasteiger partial charge on any atom is -0.493 e. The molecule has 0 atom stereocenters. The molecule has 132 valence electrons. The second kappa shape index (κ2) is 5.95. The molecule has 0 unspecified atom stereocenters. The number of fused-ring (bicyclic) bond motifs is 2. The summed E-state index contributed by atoms with van der Waals surface area (Å²) >= 11 is 0. The van der Waals surface area contributed by atoms with Gasteiger partial charge < -0.3 is 18.3 Å². The van der Waals surface area contributed by atoms with Crippen molar-refractivity contribution >= 4 is 21.9 Å². The molecule has 0 amide bonds. The summed E-state index contributed by atoms with van der Waals surface area (Å²) < 4.78 is 21.9. The maximum absolute atomic E-state index is 12.5. The molecule has 0 spiro atoms. The summed E-state index contributed by atoms with van der Waals surface area (Å²) in [6.45, 7) is 3.94. The van der Waals surface area contributed by atoms with Crippen molar-refractivity contribution in [2.75, 3.05) is 14.2 Å². The summed E-state index contributed by atoms with van der Waals surface area (Å²) in [4.78, 5) is 12.5. The zero-order valence-electron chi connectivity index (χ0n) is 15.0. The van der Waals surface area contributed by atoms with Gasteiger partial charge in [-0.3, -0.25) is 0 Å². The normalized spacial score (nSPS) is 11.2. The van der Waals surface area contributed by atoms with E-state index in [2.05, 4.69) is 0 Å². The Kier molecular flexibility index (Phi) is 3.72. The smallest absolute Gasteiger partial charge is 0.344 e. The molecule has 5 nitrogen and oxygen atoms in total. The highest BCUT2D eigenvalue weighted by Gasteiger charge is 2.14. The van der Waals surface area contributed by atoms with Gasteiger partial charge in [0.05, 0.1) is 19.8 Å². The highest BCUT2D eigenvalue weighted by Crippen LogP contribution is 2.33. The van der Waals surface area contributed by atoms with Crippen LogP contribution in [0, 0.1) is 13.8 Å². The van der Waals surface area contributed by atoms with Crippen LogP contribution in [-0.2, 0) is 0 Å². The monoisotopic (exact) mass is 350 g/mol. The van der Waals surface area contributed by atoms with E-state index in [-0.39, 0.29) is 0 Å². The molecule has 5 heteroatoms. The number of rotatable bonds is 3. The van der Waals surface area contributed by atoms with Crippen LogP contribution in [-0.4, -0.2) is 14.2 Å². The van der Waals surface area contributed by atoms with Gasteiger partial charge >= 0.3 is 5.63 Å². The number of furan rings is 1. The maximum atomic E-state index is 12.5. The molecule has 4 aromatic rings. The Morgan fingerprint density at radius 3 is 2.35 bits per heavy atom. The molecule has 0 N–H and O–H groups in total. The molecule has 0 aliphatic carbocycles. The summed E-state index contributed by atoms with van der Waals surface area (Å²) in [6.07, 6.45) is 0. The van der Waals surface area contributed by atoms with E-state index in [1.807, 2.05) is 32.0 Å². The van der Waals surface area contributed by atoms with Gasteiger partial charge in [0.15, 0.2) is 11.5 Å². The van der Waals surface area contributed by atoms with Gasteiger partial charge in [0.2, 0.25) is 0 Å². The first-order valence-electron chi connectivity index (χ1n) is 8.22. The fourth-order valence-corrected chi connectivity index (χ4v) is 3.16. The first-order valence-corrected chi connectivity index (χ1v) is 8.22. The predicted molar refractivity (Wildman–Crippen MR) is 100 cm³/mol. The van der Waals surface area contributed by atoms with E-state index in [0.29, 0.717) is 28.2 Å². The molecule has 4 rings (SSSR count). The minimum atomic E-state index is -0.413. The third-order valence-electron chi connectivity index (χ3n) is 4.72. The van der Waals surface area contributed by atoms with E-state index in [1.165, 1.54) is 0 Å². The van der Waals surface area contributed by atoms with Crippen molar-refractivity contribution in [1.82, 2.24) is 0 Å². The van der Waals surface area contributed by atoms with Crippen LogP contribution in [0.5, 0.6) is 11.5 Å². The zero-order chi connectivity index (χ0) is 18.4. The lowest BCUT2D eigenvalue weighted by Crippen LogP contribution is -2.03. The van der Waals surface area contributed by atoms with Crippen LogP contribution in [0.25, 0.3) is 33.1 Å². The SMILES string of the molecule is COc1ccc(-c2cc3cc4c(C)c(C)oc4cc3oc2=O)cc1OC. The van der Waals surface area contributed by atoms with E-state index in [0.717, 1.165) is 27.7 Å². The first kappa shape index (κ1) is 16.3. The summed E-state index contributed by atoms with van der Waals surface area (Å²) in [5.74, 6) is 2.02. The first-order chi connectivity index (χ1) is 12.5. The van der Waals surface area contributed by atoms with E-state index >= 15 is 0 Å². The van der Waals surface area contributed by atoms with Gasteiger partial charge in [-0.2, -0.15) is 0 Å². The average molecular weight is 350 g/mol. The third-order valence-corrected chi connectivity index (χ3v) is 4.72. The number of hydrogen-bond donors (Lipinski definition) is 0. The Labute approximate surface area is 149 Å². The quantitative estimate of drug-likeness (QED) is 0.495. The molecule has 2 heterocycles. The average Bonchev–Trinajstić information content (AvgIpc) is 2.92. The van der Waals surface area contributed by atoms with Gasteiger partial charge in [-0.15, -0.1) is 0 Å². The van der Waals surface area contributed by atoms with Gasteiger partial charge in [-0.05, 0) is 49.2 Å². The fraction of sp³-hybridized carbons (Fsp3) is 0.190. The topological polar surface area (TPSA) is 61.8 Å². The number of benzene rings is 2. The molecule has 2 aromatic heterocycles. The van der Waals surface area contributed by atoms with Crippen LogP contribution in [0.1, 0.15) is 11.3 Å². The second-order valence-corrected chi connectivity index (χ2v) is 6.19. The van der Waals surface area contributed by atoms with E-state index in [9.17, 15) is 4.79 Å². The second-order valence-electron chi connectivity index (χ2n) is 6.19. The molecular weight excluding hydrogens is 332 g/mol. The molecule has 2 aromatic carbocycles. The van der Waals surface area contributed by atoms with Crippen LogP contribution in [0.3, 0.4) is 0 Å². The van der Waals surface area contributed by atoms with Gasteiger partial charge in [0.25, 0.3) is 0 Å². The molecule has 0 aliphatic rings. The van der Waals surface area contributed by atoms with Crippen LogP contribution in [0.2, 0.25) is 0 Å². The zero-order valence-corrected chi connectivity index (χ0v) is 15.0. The molecule has 0 saturated heterocycles. The number of aryl methyl sites for hydroxylation is 2. The van der Waals surface area contributed by atoms with Crippen molar-refractivity contribution in [2.24, 2.45) is 0 Å². The lowest BCUT2D eigenvalue weighted by molar-refractivity contribution is 0.355. The molecule has 0 aliphatic heterocycles. The summed E-state index contributed by atoms with van der Waals surface area (Å²) in [5, 5.41) is 1.85. The Morgan fingerprint density at radius 2 is 1.62 bits per heavy atom. The summed E-state index contributed by atoms with van der Waals surface area (Å²) in [5.41, 5.74) is 3.06. The number of methoxy groups -OCH3 is 2. The molecule has 0 fully saturated rings. The Bertz CT molecular complexity index is 1200. The third kappa shape index (κ3) is 2.44. The predicted octanol–water partition coefficient (Wildman–Crippen LogP) is 4.84. The van der Waals surface area contributed by atoms with Gasteiger partial charge in [0, 0.05) is 16.8 Å². The van der Waals surface area contributed by atoms with E-state index < -0.39 is 5.63 Å². The van der Waals surface area contributed by atoms with Crippen LogP contribution in [0.15, 0.2) is 50.0 Å². The summed E-state index contributed by atoms with van der Waals surface area (Å²) in [6, 6.07) is 10.9. The molecular formula is C21H18O5. The van der Waals surface area contributed by atoms with Crippen molar-refractivity contribution in [3.8, 4) is 22.6 Å². The largest absolute Gasteiger partial charge is 0.493 e. The lowest BCUT2D eigenvalue weighted by Gasteiger charge is -2.09. The van der Waals surface area contributed by atoms with Crippen LogP contribution < -0.4 is 15.1 Å². The van der Waals surface area contributed by atoms with Crippen molar-refractivity contribution in [2.45, 2.75) is 13.8 Å². The van der Waals surface area contributed by atoms with E-state index in [4.69, 9.17) is 18.3 Å². The van der Waals surface area contributed by atoms with Crippen molar-refractivity contribution in [1.29, 1.82) is 0 Å². The van der Waals surface area contributed by atoms with E-state index in [1.54, 1.807) is 32.4 Å². The van der Waals surface area contributed by atoms with Crippen LogP contribution >= 0.6 is 0 Å². The molecule has 26 heavy (non-hydrogen) atoms. The standard InChI is InChI=1S/C21H18O5/c1-11-12(2)25-19-10-18-14(7-15(11)19)8-16(21(22)26-18)13-5-6-17(23-3)20(9-13)24-4/h5-10H,1-4H3. The number of hydrogen-bond acceptors (Lipinski definition) is 5. The Balaban J connectivity index is 1.95. The highest BCUT2D eigenvalue weighted by atomic mass is 16.5. The number of ether oxygens (including phenoxy) is 2. The summed E-state index contributed by atoms with van der Waals surface area (Å²) in [7, 11) is 3.13. The fourth-order valence-electron chi connectivity index (χ4n) is 3.16. The minimum absolute atomic E-state index is 0.413. The molecule has 0 saturated carbocycles. The molecule has 0 bridgehead atoms. The highest BCUT2D eigenvalue weighted by molar-refractivity contribution is 5.96. The lowest BCUT2D eigenvalue weighted by atomic mass is 10.0.